The number of hydrogen-bond donors (Lipinski definition) is 2. The first-order valence-electron chi connectivity index (χ1n) is 8.19. The molecule has 1 aromatic heterocycles. The van der Waals surface area contributed by atoms with E-state index in [1.807, 2.05) is 13.0 Å². The molecule has 0 fully saturated rings. The van der Waals surface area contributed by atoms with E-state index in [9.17, 15) is 5.26 Å². The molecule has 0 aliphatic rings. The molecule has 132 valence electrons. The Hall–Kier alpha value is -3.01. The first-order chi connectivity index (χ1) is 12.0. The highest BCUT2D eigenvalue weighted by Crippen LogP contribution is 2.34. The van der Waals surface area contributed by atoms with Crippen LogP contribution in [0.2, 0.25) is 0 Å². The minimum atomic E-state index is 0.0155. The molecule has 7 heteroatoms. The minimum absolute atomic E-state index is 0.0155. The molecular weight excluding hydrogens is 318 g/mol. The van der Waals surface area contributed by atoms with E-state index in [0.717, 1.165) is 6.42 Å². The third kappa shape index (κ3) is 4.51. The third-order valence-electron chi connectivity index (χ3n) is 3.54. The van der Waals surface area contributed by atoms with Gasteiger partial charge in [-0.05, 0) is 37.5 Å². The van der Waals surface area contributed by atoms with E-state index in [-0.39, 0.29) is 17.3 Å². The van der Waals surface area contributed by atoms with Crippen molar-refractivity contribution < 1.29 is 9.47 Å². The van der Waals surface area contributed by atoms with Gasteiger partial charge in [-0.3, -0.25) is 0 Å². The summed E-state index contributed by atoms with van der Waals surface area (Å²) in [6, 6.07) is 7.40. The predicted molar refractivity (Wildman–Crippen MR) is 97.1 cm³/mol. The lowest BCUT2D eigenvalue weighted by atomic mass is 10.1. The fourth-order valence-electron chi connectivity index (χ4n) is 2.26. The molecule has 25 heavy (non-hydrogen) atoms. The van der Waals surface area contributed by atoms with Gasteiger partial charge in [0.1, 0.15) is 17.5 Å². The van der Waals surface area contributed by atoms with Crippen molar-refractivity contribution in [2.24, 2.45) is 5.92 Å². The van der Waals surface area contributed by atoms with E-state index in [4.69, 9.17) is 20.9 Å². The number of anilines is 2. The van der Waals surface area contributed by atoms with Crippen molar-refractivity contribution >= 4 is 11.8 Å². The maximum absolute atomic E-state index is 9.34. The van der Waals surface area contributed by atoms with Crippen LogP contribution in [-0.4, -0.2) is 23.2 Å². The smallest absolute Gasteiger partial charge is 0.222 e. The van der Waals surface area contributed by atoms with Crippen LogP contribution in [0.4, 0.5) is 11.8 Å². The highest BCUT2D eigenvalue weighted by Gasteiger charge is 2.16. The number of nitrogen functional groups attached to an aromatic ring is 2. The summed E-state index contributed by atoms with van der Waals surface area (Å²) >= 11 is 0. The summed E-state index contributed by atoms with van der Waals surface area (Å²) in [6.07, 6.45) is 0.949. The van der Waals surface area contributed by atoms with Crippen molar-refractivity contribution in [2.75, 3.05) is 24.7 Å². The summed E-state index contributed by atoms with van der Waals surface area (Å²) < 4.78 is 11.5. The largest absolute Gasteiger partial charge is 0.490 e. The van der Waals surface area contributed by atoms with Crippen LogP contribution in [0.25, 0.3) is 11.3 Å². The summed E-state index contributed by atoms with van der Waals surface area (Å²) in [7, 11) is 0. The second kappa shape index (κ2) is 8.20. The molecule has 0 atom stereocenters. The van der Waals surface area contributed by atoms with Crippen LogP contribution in [0.1, 0.15) is 32.8 Å². The van der Waals surface area contributed by atoms with Gasteiger partial charge in [0, 0.05) is 5.56 Å². The Balaban J connectivity index is 2.41. The molecule has 0 unspecified atom stereocenters. The summed E-state index contributed by atoms with van der Waals surface area (Å²) in [5, 5.41) is 9.34. The van der Waals surface area contributed by atoms with Gasteiger partial charge in [0.15, 0.2) is 11.5 Å². The van der Waals surface area contributed by atoms with E-state index in [1.165, 1.54) is 0 Å². The van der Waals surface area contributed by atoms with Crippen LogP contribution in [-0.2, 0) is 0 Å². The van der Waals surface area contributed by atoms with E-state index in [1.54, 1.807) is 18.2 Å². The van der Waals surface area contributed by atoms with Gasteiger partial charge < -0.3 is 20.9 Å². The maximum Gasteiger partial charge on any atom is 0.222 e. The van der Waals surface area contributed by atoms with Gasteiger partial charge in [-0.1, -0.05) is 13.8 Å². The van der Waals surface area contributed by atoms with Crippen molar-refractivity contribution in [3.8, 4) is 28.8 Å². The zero-order valence-electron chi connectivity index (χ0n) is 14.7. The Bertz CT molecular complexity index is 784. The molecule has 2 rings (SSSR count). The van der Waals surface area contributed by atoms with Crippen LogP contribution < -0.4 is 20.9 Å². The second-order valence-corrected chi connectivity index (χ2v) is 5.93. The lowest BCUT2D eigenvalue weighted by Gasteiger charge is -2.14. The van der Waals surface area contributed by atoms with Gasteiger partial charge in [0.25, 0.3) is 0 Å². The average Bonchev–Trinajstić information content (AvgIpc) is 2.55. The number of hydrogen-bond acceptors (Lipinski definition) is 7. The molecule has 4 N–H and O–H groups in total. The van der Waals surface area contributed by atoms with Crippen molar-refractivity contribution in [2.45, 2.75) is 27.2 Å². The van der Waals surface area contributed by atoms with Crippen LogP contribution in [0.5, 0.6) is 11.5 Å². The second-order valence-electron chi connectivity index (χ2n) is 5.93. The molecule has 0 saturated carbocycles. The summed E-state index contributed by atoms with van der Waals surface area (Å²) in [5.41, 5.74) is 12.7. The fourth-order valence-corrected chi connectivity index (χ4v) is 2.26. The topological polar surface area (TPSA) is 120 Å². The zero-order valence-corrected chi connectivity index (χ0v) is 14.7. The number of benzene rings is 1. The fraction of sp³-hybridized carbons (Fsp3) is 0.389. The lowest BCUT2D eigenvalue weighted by molar-refractivity contribution is 0.261. The highest BCUT2D eigenvalue weighted by molar-refractivity contribution is 5.74. The zero-order chi connectivity index (χ0) is 18.4. The normalized spacial score (nSPS) is 10.5. The molecular formula is C18H23N5O2. The van der Waals surface area contributed by atoms with Gasteiger partial charge in [-0.15, -0.1) is 0 Å². The summed E-state index contributed by atoms with van der Waals surface area (Å²) in [5.74, 6) is 1.87. The molecule has 0 bridgehead atoms. The van der Waals surface area contributed by atoms with Crippen LogP contribution >= 0.6 is 0 Å². The highest BCUT2D eigenvalue weighted by atomic mass is 16.5. The summed E-state index contributed by atoms with van der Waals surface area (Å²) in [4.78, 5) is 7.99. The monoisotopic (exact) mass is 341 g/mol. The third-order valence-corrected chi connectivity index (χ3v) is 3.54. The number of rotatable bonds is 7. The first kappa shape index (κ1) is 18.3. The molecule has 0 spiro atoms. The molecule has 0 saturated heterocycles. The quantitative estimate of drug-likeness (QED) is 0.794. The van der Waals surface area contributed by atoms with E-state index in [2.05, 4.69) is 23.8 Å². The maximum atomic E-state index is 9.34. The van der Waals surface area contributed by atoms with Gasteiger partial charge in [-0.2, -0.15) is 10.2 Å². The van der Waals surface area contributed by atoms with Crippen molar-refractivity contribution in [1.29, 1.82) is 5.26 Å². The number of nitrogens with two attached hydrogens (primary N) is 2. The minimum Gasteiger partial charge on any atom is -0.490 e. The molecule has 7 nitrogen and oxygen atoms in total. The Morgan fingerprint density at radius 1 is 1.16 bits per heavy atom. The number of nitrogens with zero attached hydrogens (tertiary/aromatic N) is 3. The molecule has 2 aromatic rings. The van der Waals surface area contributed by atoms with Gasteiger partial charge in [0.05, 0.1) is 18.9 Å². The number of aromatic nitrogens is 2. The Kier molecular flexibility index (Phi) is 6.01. The van der Waals surface area contributed by atoms with E-state index in [0.29, 0.717) is 41.9 Å². The standard InChI is InChI=1S/C18H23N5O2/c1-4-24-15-9-12(5-6-14(15)25-8-7-11(2)3)16-13(10-19)17(20)23-18(21)22-16/h5-6,9,11H,4,7-8H2,1-3H3,(H4,20,21,22,23). The Morgan fingerprint density at radius 2 is 1.92 bits per heavy atom. The molecule has 1 aromatic carbocycles. The van der Waals surface area contributed by atoms with Crippen LogP contribution in [0.3, 0.4) is 0 Å². The molecule has 1 heterocycles. The first-order valence-corrected chi connectivity index (χ1v) is 8.19. The van der Waals surface area contributed by atoms with E-state index >= 15 is 0 Å². The van der Waals surface area contributed by atoms with Crippen molar-refractivity contribution in [3.63, 3.8) is 0 Å². The van der Waals surface area contributed by atoms with E-state index < -0.39 is 0 Å². The Morgan fingerprint density at radius 3 is 2.56 bits per heavy atom. The van der Waals surface area contributed by atoms with Gasteiger partial charge in [0.2, 0.25) is 5.95 Å². The lowest BCUT2D eigenvalue weighted by Crippen LogP contribution is -2.06. The summed E-state index contributed by atoms with van der Waals surface area (Å²) in [6.45, 7) is 7.27. The molecule has 0 amide bonds. The van der Waals surface area contributed by atoms with Crippen LogP contribution in [0, 0.1) is 17.2 Å². The average molecular weight is 341 g/mol. The van der Waals surface area contributed by atoms with Crippen molar-refractivity contribution in [1.82, 2.24) is 9.97 Å². The number of nitriles is 1. The predicted octanol–water partition coefficient (Wildman–Crippen LogP) is 3.00. The van der Waals surface area contributed by atoms with Gasteiger partial charge >= 0.3 is 0 Å². The molecule has 0 radical (unpaired) electrons. The Labute approximate surface area is 147 Å². The van der Waals surface area contributed by atoms with Crippen LogP contribution in [0.15, 0.2) is 18.2 Å². The SMILES string of the molecule is CCOc1cc(-c2nc(N)nc(N)c2C#N)ccc1OCCC(C)C. The number of ether oxygens (including phenoxy) is 2. The van der Waals surface area contributed by atoms with Gasteiger partial charge in [-0.25, -0.2) is 4.98 Å². The molecule has 0 aliphatic heterocycles. The van der Waals surface area contributed by atoms with Crippen molar-refractivity contribution in [3.05, 3.63) is 23.8 Å². The molecule has 0 aliphatic carbocycles.